The Morgan fingerprint density at radius 2 is 1.92 bits per heavy atom. The van der Waals surface area contributed by atoms with Crippen LogP contribution in [0.3, 0.4) is 0 Å². The standard InChI is InChI=1S/C26H27N5O6/c1-16-5-4-8-29-21(17(2)27-25(16)29)23(32)20-22(18-6-3-7-19(15-18)31(35)36)30(26(34)24(20)33)10-9-28-11-13-37-14-12-28/h3-8,15,22,32H,9-14H2,1-2H3/t22-/m0/s1. The van der Waals surface area contributed by atoms with Crippen molar-refractivity contribution in [3.63, 3.8) is 0 Å². The largest absolute Gasteiger partial charge is 0.505 e. The summed E-state index contributed by atoms with van der Waals surface area (Å²) in [5.41, 5.74) is 2.39. The molecule has 2 aliphatic rings. The van der Waals surface area contributed by atoms with E-state index in [0.717, 1.165) is 5.56 Å². The van der Waals surface area contributed by atoms with Crippen LogP contribution in [0.2, 0.25) is 0 Å². The van der Waals surface area contributed by atoms with Gasteiger partial charge in [0.15, 0.2) is 5.76 Å². The van der Waals surface area contributed by atoms with Gasteiger partial charge in [0, 0.05) is 44.5 Å². The van der Waals surface area contributed by atoms with Gasteiger partial charge < -0.3 is 14.7 Å². The maximum atomic E-state index is 13.4. The number of ether oxygens (including phenoxy) is 1. The zero-order chi connectivity index (χ0) is 26.3. The van der Waals surface area contributed by atoms with Gasteiger partial charge in [-0.3, -0.25) is 29.0 Å². The van der Waals surface area contributed by atoms with Crippen LogP contribution in [0.25, 0.3) is 11.4 Å². The van der Waals surface area contributed by atoms with E-state index >= 15 is 0 Å². The van der Waals surface area contributed by atoms with Crippen molar-refractivity contribution in [2.75, 3.05) is 39.4 Å². The zero-order valence-corrected chi connectivity index (χ0v) is 20.6. The van der Waals surface area contributed by atoms with Crippen molar-refractivity contribution < 1.29 is 24.4 Å². The van der Waals surface area contributed by atoms with Crippen LogP contribution in [0.15, 0.2) is 48.2 Å². The maximum absolute atomic E-state index is 13.4. The Morgan fingerprint density at radius 1 is 1.16 bits per heavy atom. The number of carbonyl (C=O) groups is 2. The molecule has 4 heterocycles. The Morgan fingerprint density at radius 3 is 2.65 bits per heavy atom. The highest BCUT2D eigenvalue weighted by Crippen LogP contribution is 2.40. The summed E-state index contributed by atoms with van der Waals surface area (Å²) in [6.07, 6.45) is 1.73. The third-order valence-corrected chi connectivity index (χ3v) is 6.94. The van der Waals surface area contributed by atoms with Crippen molar-refractivity contribution in [1.82, 2.24) is 19.2 Å². The molecule has 1 aromatic carbocycles. The van der Waals surface area contributed by atoms with Crippen LogP contribution in [0.4, 0.5) is 5.69 Å². The summed E-state index contributed by atoms with van der Waals surface area (Å²) >= 11 is 0. The second-order valence-corrected chi connectivity index (χ2v) is 9.23. The number of amides is 1. The number of Topliss-reactive ketones (excluding diaryl/α,β-unsaturated/α-hetero) is 1. The summed E-state index contributed by atoms with van der Waals surface area (Å²) in [5, 5.41) is 23.1. The highest BCUT2D eigenvalue weighted by Gasteiger charge is 2.47. The number of aromatic nitrogens is 2. The quantitative estimate of drug-likeness (QED) is 0.178. The summed E-state index contributed by atoms with van der Waals surface area (Å²) < 4.78 is 7.08. The minimum Gasteiger partial charge on any atom is -0.505 e. The van der Waals surface area contributed by atoms with Crippen LogP contribution in [0.1, 0.15) is 28.6 Å². The Kier molecular flexibility index (Phi) is 6.48. The van der Waals surface area contributed by atoms with E-state index in [-0.39, 0.29) is 23.6 Å². The number of nitro benzene ring substituents is 1. The van der Waals surface area contributed by atoms with E-state index in [2.05, 4.69) is 9.88 Å². The number of aliphatic hydroxyl groups excluding tert-OH is 1. The Bertz CT molecular complexity index is 1440. The SMILES string of the molecule is Cc1nc2c(C)cccn2c1C(O)=C1C(=O)C(=O)N(CCN2CCOCC2)[C@H]1c1cccc([N+](=O)[O-])c1. The topological polar surface area (TPSA) is 131 Å². The lowest BCUT2D eigenvalue weighted by atomic mass is 9.96. The molecule has 11 heteroatoms. The molecule has 3 aromatic rings. The van der Waals surface area contributed by atoms with Gasteiger partial charge in [0.05, 0.1) is 35.4 Å². The van der Waals surface area contributed by atoms with Gasteiger partial charge >= 0.3 is 0 Å². The van der Waals surface area contributed by atoms with Crippen LogP contribution in [0.5, 0.6) is 0 Å². The number of aryl methyl sites for hydroxylation is 2. The Balaban J connectivity index is 1.65. The number of non-ortho nitro benzene ring substituents is 1. The molecule has 0 radical (unpaired) electrons. The van der Waals surface area contributed by atoms with Gasteiger partial charge in [0.25, 0.3) is 17.4 Å². The van der Waals surface area contributed by atoms with E-state index < -0.39 is 22.7 Å². The number of rotatable bonds is 6. The van der Waals surface area contributed by atoms with E-state index in [1.807, 2.05) is 13.0 Å². The van der Waals surface area contributed by atoms with Gasteiger partial charge in [-0.25, -0.2) is 4.98 Å². The predicted octanol–water partition coefficient (Wildman–Crippen LogP) is 2.61. The molecule has 2 aliphatic heterocycles. The van der Waals surface area contributed by atoms with Crippen LogP contribution in [-0.2, 0) is 14.3 Å². The zero-order valence-electron chi connectivity index (χ0n) is 20.6. The summed E-state index contributed by atoms with van der Waals surface area (Å²) in [5.74, 6) is -1.95. The number of aliphatic hydroxyl groups is 1. The first kappa shape index (κ1) is 24.6. The highest BCUT2D eigenvalue weighted by molar-refractivity contribution is 6.46. The average Bonchev–Trinajstić information content (AvgIpc) is 3.37. The van der Waals surface area contributed by atoms with Gasteiger partial charge in [-0.15, -0.1) is 0 Å². The fourth-order valence-electron chi connectivity index (χ4n) is 5.07. The first-order valence-electron chi connectivity index (χ1n) is 12.1. The van der Waals surface area contributed by atoms with Gasteiger partial charge in [0.2, 0.25) is 0 Å². The van der Waals surface area contributed by atoms with E-state index in [9.17, 15) is 24.8 Å². The van der Waals surface area contributed by atoms with Gasteiger partial charge in [-0.2, -0.15) is 0 Å². The highest BCUT2D eigenvalue weighted by atomic mass is 16.6. The third kappa shape index (κ3) is 4.36. The molecule has 5 rings (SSSR count). The fraction of sp³-hybridized carbons (Fsp3) is 0.346. The van der Waals surface area contributed by atoms with Crippen LogP contribution >= 0.6 is 0 Å². The van der Waals surface area contributed by atoms with E-state index in [1.165, 1.54) is 23.1 Å². The molecule has 2 aromatic heterocycles. The lowest BCUT2D eigenvalue weighted by Gasteiger charge is -2.31. The molecule has 11 nitrogen and oxygen atoms in total. The number of likely N-dealkylation sites (tertiary alicyclic amines) is 1. The second kappa shape index (κ2) is 9.75. The van der Waals surface area contributed by atoms with Crippen LogP contribution in [0, 0.1) is 24.0 Å². The van der Waals surface area contributed by atoms with Crippen molar-refractivity contribution in [2.24, 2.45) is 0 Å². The third-order valence-electron chi connectivity index (χ3n) is 6.94. The summed E-state index contributed by atoms with van der Waals surface area (Å²) in [4.78, 5) is 45.8. The lowest BCUT2D eigenvalue weighted by molar-refractivity contribution is -0.384. The molecular weight excluding hydrogens is 478 g/mol. The smallest absolute Gasteiger partial charge is 0.295 e. The van der Waals surface area contributed by atoms with Gasteiger partial charge in [0.1, 0.15) is 11.3 Å². The molecule has 0 unspecified atom stereocenters. The Hall–Kier alpha value is -4.09. The number of imidazole rings is 1. The van der Waals surface area contributed by atoms with Crippen molar-refractivity contribution in [1.29, 1.82) is 0 Å². The molecule has 0 bridgehead atoms. The predicted molar refractivity (Wildman–Crippen MR) is 134 cm³/mol. The number of pyridine rings is 1. The number of ketones is 1. The van der Waals surface area contributed by atoms with Crippen molar-refractivity contribution in [3.8, 4) is 0 Å². The lowest BCUT2D eigenvalue weighted by Crippen LogP contribution is -2.42. The fourth-order valence-corrected chi connectivity index (χ4v) is 5.07. The number of hydrogen-bond donors (Lipinski definition) is 1. The Labute approximate surface area is 212 Å². The minimum absolute atomic E-state index is 0.112. The number of nitrogens with zero attached hydrogens (tertiary/aromatic N) is 5. The average molecular weight is 506 g/mol. The van der Waals surface area contributed by atoms with E-state index in [0.29, 0.717) is 55.4 Å². The number of hydrogen-bond acceptors (Lipinski definition) is 8. The number of morpholine rings is 1. The number of benzene rings is 1. The number of fused-ring (bicyclic) bond motifs is 1. The normalized spacial score (nSPS) is 20.2. The molecule has 1 amide bonds. The molecule has 1 atom stereocenters. The molecule has 0 aliphatic carbocycles. The first-order valence-corrected chi connectivity index (χ1v) is 12.1. The first-order chi connectivity index (χ1) is 17.8. The molecule has 37 heavy (non-hydrogen) atoms. The second-order valence-electron chi connectivity index (χ2n) is 9.23. The number of carbonyl (C=O) groups excluding carboxylic acids is 2. The van der Waals surface area contributed by atoms with Crippen molar-refractivity contribution in [2.45, 2.75) is 19.9 Å². The maximum Gasteiger partial charge on any atom is 0.295 e. The van der Waals surface area contributed by atoms with Gasteiger partial charge in [-0.05, 0) is 31.0 Å². The van der Waals surface area contributed by atoms with Crippen molar-refractivity contribution >= 4 is 28.8 Å². The molecule has 0 saturated carbocycles. The van der Waals surface area contributed by atoms with E-state index in [1.54, 1.807) is 29.7 Å². The molecular formula is C26H27N5O6. The van der Waals surface area contributed by atoms with Crippen LogP contribution < -0.4 is 0 Å². The number of nitro groups is 1. The van der Waals surface area contributed by atoms with Crippen LogP contribution in [-0.4, -0.2) is 80.3 Å². The summed E-state index contributed by atoms with van der Waals surface area (Å²) in [6.45, 7) is 6.88. The monoisotopic (exact) mass is 505 g/mol. The molecule has 2 saturated heterocycles. The summed E-state index contributed by atoms with van der Waals surface area (Å²) in [6, 6.07) is 8.54. The molecule has 0 spiro atoms. The van der Waals surface area contributed by atoms with Crippen molar-refractivity contribution in [3.05, 3.63) is 80.8 Å². The molecule has 192 valence electrons. The molecule has 1 N–H and O–H groups in total. The molecule has 2 fully saturated rings. The van der Waals surface area contributed by atoms with E-state index in [4.69, 9.17) is 4.74 Å². The van der Waals surface area contributed by atoms with Gasteiger partial charge in [-0.1, -0.05) is 18.2 Å². The summed E-state index contributed by atoms with van der Waals surface area (Å²) in [7, 11) is 0. The minimum atomic E-state index is -0.990.